The summed E-state index contributed by atoms with van der Waals surface area (Å²) in [4.78, 5) is 23.3. The lowest BCUT2D eigenvalue weighted by molar-refractivity contribution is -0.130. The maximum absolute atomic E-state index is 11.6. The van der Waals surface area contributed by atoms with E-state index in [2.05, 4.69) is 0 Å². The number of hydrogen-bond acceptors (Lipinski definition) is 3. The molecule has 0 fully saturated rings. The van der Waals surface area contributed by atoms with E-state index >= 15 is 0 Å². The van der Waals surface area contributed by atoms with Gasteiger partial charge in [0.25, 0.3) is 0 Å². The van der Waals surface area contributed by atoms with Crippen LogP contribution in [0.25, 0.3) is 0 Å². The number of benzene rings is 1. The molecule has 0 aliphatic rings. The van der Waals surface area contributed by atoms with Crippen molar-refractivity contribution in [3.8, 4) is 0 Å². The first-order chi connectivity index (χ1) is 8.07. The van der Waals surface area contributed by atoms with E-state index in [1.54, 1.807) is 11.8 Å². The minimum atomic E-state index is -0.526. The van der Waals surface area contributed by atoms with Gasteiger partial charge in [-0.1, -0.05) is 37.3 Å². The summed E-state index contributed by atoms with van der Waals surface area (Å²) in [5.74, 6) is 0.262. The Morgan fingerprint density at radius 1 is 1.12 bits per heavy atom. The molecule has 0 bridgehead atoms. The van der Waals surface area contributed by atoms with Gasteiger partial charge in [-0.05, 0) is 25.2 Å². The highest BCUT2D eigenvalue weighted by Crippen LogP contribution is 2.36. The number of carbonyl (C=O) groups excluding carboxylic acids is 2. The molecular weight excluding hydrogens is 232 g/mol. The summed E-state index contributed by atoms with van der Waals surface area (Å²) in [6.45, 7) is 5.04. The molecule has 3 heteroatoms. The topological polar surface area (TPSA) is 34.1 Å². The predicted octanol–water partition coefficient (Wildman–Crippen LogP) is 3.28. The molecule has 0 aromatic heterocycles. The number of rotatable bonds is 6. The normalized spacial score (nSPS) is 12.5. The van der Waals surface area contributed by atoms with Crippen LogP contribution in [0.3, 0.4) is 0 Å². The first kappa shape index (κ1) is 14.0. The van der Waals surface area contributed by atoms with E-state index in [1.807, 2.05) is 37.3 Å². The number of ketones is 2. The fraction of sp³-hybridized carbons (Fsp3) is 0.429. The van der Waals surface area contributed by atoms with Crippen LogP contribution >= 0.6 is 11.8 Å². The van der Waals surface area contributed by atoms with Gasteiger partial charge < -0.3 is 0 Å². The Balaban J connectivity index is 3.07. The molecule has 2 nitrogen and oxygen atoms in total. The molecule has 0 radical (unpaired) electrons. The van der Waals surface area contributed by atoms with Crippen molar-refractivity contribution in [2.45, 2.75) is 26.0 Å². The van der Waals surface area contributed by atoms with Crippen LogP contribution in [0.1, 0.15) is 31.6 Å². The van der Waals surface area contributed by atoms with Crippen molar-refractivity contribution in [2.75, 3.05) is 5.75 Å². The molecule has 0 saturated carbocycles. The first-order valence-corrected chi connectivity index (χ1v) is 6.80. The van der Waals surface area contributed by atoms with Crippen LogP contribution in [-0.2, 0) is 9.59 Å². The summed E-state index contributed by atoms with van der Waals surface area (Å²) in [5.41, 5.74) is 1.05. The summed E-state index contributed by atoms with van der Waals surface area (Å²) >= 11 is 1.65. The predicted molar refractivity (Wildman–Crippen MR) is 72.2 cm³/mol. The van der Waals surface area contributed by atoms with Gasteiger partial charge in [-0.2, -0.15) is 11.8 Å². The molecule has 0 amide bonds. The average molecular weight is 250 g/mol. The first-order valence-electron chi connectivity index (χ1n) is 5.75. The van der Waals surface area contributed by atoms with Gasteiger partial charge >= 0.3 is 0 Å². The van der Waals surface area contributed by atoms with E-state index in [0.717, 1.165) is 11.3 Å². The van der Waals surface area contributed by atoms with Crippen LogP contribution in [0, 0.1) is 5.92 Å². The van der Waals surface area contributed by atoms with E-state index in [9.17, 15) is 9.59 Å². The number of thioether (sulfide) groups is 1. The van der Waals surface area contributed by atoms with Gasteiger partial charge in [0.1, 0.15) is 11.6 Å². The lowest BCUT2D eigenvalue weighted by atomic mass is 9.92. The van der Waals surface area contributed by atoms with Crippen LogP contribution in [-0.4, -0.2) is 17.3 Å². The van der Waals surface area contributed by atoms with E-state index < -0.39 is 5.92 Å². The van der Waals surface area contributed by atoms with Gasteiger partial charge in [-0.15, -0.1) is 0 Å². The van der Waals surface area contributed by atoms with E-state index in [-0.39, 0.29) is 16.8 Å². The van der Waals surface area contributed by atoms with E-state index in [1.165, 1.54) is 13.8 Å². The van der Waals surface area contributed by atoms with Crippen molar-refractivity contribution in [1.29, 1.82) is 0 Å². The highest BCUT2D eigenvalue weighted by molar-refractivity contribution is 7.99. The minimum Gasteiger partial charge on any atom is -0.299 e. The molecule has 1 rings (SSSR count). The zero-order valence-corrected chi connectivity index (χ0v) is 11.3. The third-order valence-corrected chi connectivity index (χ3v) is 3.89. The third kappa shape index (κ3) is 3.70. The number of carbonyl (C=O) groups is 2. The van der Waals surface area contributed by atoms with Gasteiger partial charge in [-0.25, -0.2) is 0 Å². The number of Topliss-reactive ketones (excluding diaryl/α,β-unsaturated/α-hetero) is 2. The van der Waals surface area contributed by atoms with Gasteiger partial charge in [0.2, 0.25) is 0 Å². The standard InChI is InChI=1S/C14H18O2S/c1-4-17-14(12-8-6-5-7-9-12)13(10(2)15)11(3)16/h5-9,13-14H,4H2,1-3H3. The zero-order chi connectivity index (χ0) is 12.8. The molecule has 92 valence electrons. The van der Waals surface area contributed by atoms with Crippen molar-refractivity contribution < 1.29 is 9.59 Å². The Bertz CT molecular complexity index is 372. The second kappa shape index (κ2) is 6.60. The Hall–Kier alpha value is -1.09. The summed E-state index contributed by atoms with van der Waals surface area (Å²) in [5, 5.41) is -0.0591. The van der Waals surface area contributed by atoms with Crippen LogP contribution in [0.2, 0.25) is 0 Å². The fourth-order valence-electron chi connectivity index (χ4n) is 1.92. The Kier molecular flexibility index (Phi) is 5.42. The van der Waals surface area contributed by atoms with Crippen molar-refractivity contribution >= 4 is 23.3 Å². The fourth-order valence-corrected chi connectivity index (χ4v) is 3.20. The lowest BCUT2D eigenvalue weighted by Crippen LogP contribution is -2.25. The largest absolute Gasteiger partial charge is 0.299 e. The molecular formula is C14H18O2S. The minimum absolute atomic E-state index is 0.0488. The van der Waals surface area contributed by atoms with E-state index in [0.29, 0.717) is 0 Å². The summed E-state index contributed by atoms with van der Waals surface area (Å²) in [6.07, 6.45) is 0. The van der Waals surface area contributed by atoms with Crippen LogP contribution < -0.4 is 0 Å². The quantitative estimate of drug-likeness (QED) is 0.727. The third-order valence-electron chi connectivity index (χ3n) is 2.65. The summed E-state index contributed by atoms with van der Waals surface area (Å²) in [6, 6.07) is 9.78. The van der Waals surface area contributed by atoms with Crippen molar-refractivity contribution in [1.82, 2.24) is 0 Å². The highest BCUT2D eigenvalue weighted by atomic mass is 32.2. The van der Waals surface area contributed by atoms with Gasteiger partial charge in [0.05, 0.1) is 5.92 Å². The lowest BCUT2D eigenvalue weighted by Gasteiger charge is -2.22. The van der Waals surface area contributed by atoms with Gasteiger partial charge in [0, 0.05) is 5.25 Å². The summed E-state index contributed by atoms with van der Waals surface area (Å²) in [7, 11) is 0. The molecule has 1 atom stereocenters. The average Bonchev–Trinajstić information content (AvgIpc) is 2.28. The SMILES string of the molecule is CCSC(c1ccccc1)C(C(C)=O)C(C)=O. The van der Waals surface area contributed by atoms with Crippen LogP contribution in [0.5, 0.6) is 0 Å². The molecule has 0 saturated heterocycles. The van der Waals surface area contributed by atoms with Crippen molar-refractivity contribution in [3.63, 3.8) is 0 Å². The van der Waals surface area contributed by atoms with Gasteiger partial charge in [-0.3, -0.25) is 9.59 Å². The number of hydrogen-bond donors (Lipinski definition) is 0. The molecule has 0 spiro atoms. The van der Waals surface area contributed by atoms with Crippen LogP contribution in [0.4, 0.5) is 0 Å². The Morgan fingerprint density at radius 3 is 2.06 bits per heavy atom. The molecule has 1 aromatic carbocycles. The van der Waals surface area contributed by atoms with E-state index in [4.69, 9.17) is 0 Å². The molecule has 17 heavy (non-hydrogen) atoms. The molecule has 0 N–H and O–H groups in total. The van der Waals surface area contributed by atoms with Gasteiger partial charge in [0.15, 0.2) is 0 Å². The smallest absolute Gasteiger partial charge is 0.141 e. The Morgan fingerprint density at radius 2 is 1.65 bits per heavy atom. The molecule has 1 aromatic rings. The van der Waals surface area contributed by atoms with Crippen LogP contribution in [0.15, 0.2) is 30.3 Å². The molecule has 0 aliphatic carbocycles. The molecule has 0 heterocycles. The zero-order valence-electron chi connectivity index (χ0n) is 10.5. The van der Waals surface area contributed by atoms with Crippen molar-refractivity contribution in [2.24, 2.45) is 5.92 Å². The van der Waals surface area contributed by atoms with Crippen molar-refractivity contribution in [3.05, 3.63) is 35.9 Å². The molecule has 0 aliphatic heterocycles. The maximum atomic E-state index is 11.6. The highest BCUT2D eigenvalue weighted by Gasteiger charge is 2.30. The Labute approximate surface area is 107 Å². The monoisotopic (exact) mass is 250 g/mol. The second-order valence-electron chi connectivity index (χ2n) is 3.99. The maximum Gasteiger partial charge on any atom is 0.141 e. The molecule has 1 unspecified atom stereocenters. The summed E-state index contributed by atoms with van der Waals surface area (Å²) < 4.78 is 0. The second-order valence-corrected chi connectivity index (χ2v) is 5.40.